The van der Waals surface area contributed by atoms with E-state index in [0.717, 1.165) is 19.3 Å². The van der Waals surface area contributed by atoms with Crippen molar-refractivity contribution in [1.82, 2.24) is 5.43 Å². The Morgan fingerprint density at radius 3 is 2.50 bits per heavy atom. The summed E-state index contributed by atoms with van der Waals surface area (Å²) in [5, 5.41) is 9.74. The molecule has 1 aliphatic rings. The molecule has 6 nitrogen and oxygen atoms in total. The molecule has 2 amide bonds. The molecular weight excluding hydrogens is 332 g/mol. The van der Waals surface area contributed by atoms with Crippen molar-refractivity contribution in [1.29, 1.82) is 0 Å². The maximum atomic E-state index is 12.5. The second kappa shape index (κ2) is 7.77. The first-order valence-corrected chi connectivity index (χ1v) is 8.47. The molecule has 0 bridgehead atoms. The number of halogens is 1. The molecule has 2 unspecified atom stereocenters. The van der Waals surface area contributed by atoms with Gasteiger partial charge in [-0.3, -0.25) is 9.59 Å². The van der Waals surface area contributed by atoms with Crippen LogP contribution in [0.25, 0.3) is 0 Å². The summed E-state index contributed by atoms with van der Waals surface area (Å²) in [6.07, 6.45) is 2.58. The zero-order chi connectivity index (χ0) is 17.7. The van der Waals surface area contributed by atoms with E-state index in [4.69, 9.17) is 11.6 Å². The summed E-state index contributed by atoms with van der Waals surface area (Å²) in [6, 6.07) is 6.36. The zero-order valence-electron chi connectivity index (χ0n) is 13.6. The van der Waals surface area contributed by atoms with E-state index in [9.17, 15) is 19.5 Å². The van der Waals surface area contributed by atoms with Gasteiger partial charge in [0.1, 0.15) is 19.0 Å². The van der Waals surface area contributed by atoms with Crippen LogP contribution in [0.15, 0.2) is 24.3 Å². The number of unbranched alkanes of at least 4 members (excludes halogenated alkanes) is 2. The lowest BCUT2D eigenvalue weighted by molar-refractivity contribution is -0.883. The van der Waals surface area contributed by atoms with Crippen molar-refractivity contribution in [2.24, 2.45) is 5.92 Å². The molecule has 1 saturated heterocycles. The number of hydrogen-bond donors (Lipinski definition) is 2. The van der Waals surface area contributed by atoms with Crippen molar-refractivity contribution in [2.75, 3.05) is 13.1 Å². The van der Waals surface area contributed by atoms with Crippen LogP contribution in [0, 0.1) is 5.92 Å². The fraction of sp³-hybridized carbons (Fsp3) is 0.471. The molecule has 1 aromatic carbocycles. The molecule has 0 radical (unpaired) electrons. The fourth-order valence-electron chi connectivity index (χ4n) is 2.97. The normalized spacial score (nSPS) is 23.2. The van der Waals surface area contributed by atoms with Gasteiger partial charge >= 0.3 is 11.9 Å². The van der Waals surface area contributed by atoms with E-state index in [1.165, 1.54) is 0 Å². The van der Waals surface area contributed by atoms with Crippen LogP contribution in [0.5, 0.6) is 0 Å². The van der Waals surface area contributed by atoms with Crippen molar-refractivity contribution in [3.8, 4) is 0 Å². The van der Waals surface area contributed by atoms with Crippen molar-refractivity contribution in [3.63, 3.8) is 0 Å². The van der Waals surface area contributed by atoms with Crippen LogP contribution in [0.2, 0.25) is 5.02 Å². The number of likely N-dealkylation sites (tertiary alicyclic amines) is 1. The van der Waals surface area contributed by atoms with E-state index >= 15 is 0 Å². The Bertz CT molecular complexity index is 632. The highest BCUT2D eigenvalue weighted by Crippen LogP contribution is 2.26. The topological polar surface area (TPSA) is 83.5 Å². The fourth-order valence-corrected chi connectivity index (χ4v) is 3.09. The van der Waals surface area contributed by atoms with Gasteiger partial charge in [0.2, 0.25) is 0 Å². The molecule has 2 rings (SSSR count). The minimum Gasteiger partial charge on any atom is -0.481 e. The first-order valence-electron chi connectivity index (χ1n) is 8.09. The van der Waals surface area contributed by atoms with Gasteiger partial charge in [0.05, 0.1) is 6.42 Å². The number of carboxylic acids is 1. The monoisotopic (exact) mass is 353 g/mol. The summed E-state index contributed by atoms with van der Waals surface area (Å²) < 4.78 is -0.293. The number of nitrogens with zero attached hydrogens (tertiary/aromatic N) is 1. The van der Waals surface area contributed by atoms with Gasteiger partial charge < -0.3 is 5.11 Å². The molecule has 1 fully saturated rings. The zero-order valence-corrected chi connectivity index (χ0v) is 14.4. The Morgan fingerprint density at radius 2 is 1.96 bits per heavy atom. The number of hydrogen-bond acceptors (Lipinski definition) is 3. The number of amides is 2. The Labute approximate surface area is 146 Å². The van der Waals surface area contributed by atoms with E-state index in [0.29, 0.717) is 17.1 Å². The Morgan fingerprint density at radius 1 is 1.29 bits per heavy atom. The maximum Gasteiger partial charge on any atom is 0.339 e. The Hall–Kier alpha value is -1.92. The average molecular weight is 354 g/mol. The van der Waals surface area contributed by atoms with Crippen molar-refractivity contribution < 1.29 is 24.1 Å². The molecule has 130 valence electrons. The third-order valence-electron chi connectivity index (χ3n) is 4.35. The van der Waals surface area contributed by atoms with Crippen molar-refractivity contribution >= 4 is 29.4 Å². The molecule has 0 aromatic heterocycles. The molecule has 1 aromatic rings. The number of carbonyl (C=O) groups excluding carboxylic acids is 2. The predicted molar refractivity (Wildman–Crippen MR) is 89.2 cm³/mol. The van der Waals surface area contributed by atoms with Crippen LogP contribution in [0.1, 0.15) is 43.0 Å². The second-order valence-electron chi connectivity index (χ2n) is 6.16. The molecule has 0 saturated carbocycles. The summed E-state index contributed by atoms with van der Waals surface area (Å²) >= 11 is 5.82. The molecule has 1 aliphatic heterocycles. The highest BCUT2D eigenvalue weighted by Gasteiger charge is 2.51. The highest BCUT2D eigenvalue weighted by molar-refractivity contribution is 6.30. The molecular formula is C17H22ClN2O4+. The van der Waals surface area contributed by atoms with Crippen molar-refractivity contribution in [2.45, 2.75) is 32.6 Å². The molecule has 1 heterocycles. The number of benzene rings is 1. The molecule has 0 aliphatic carbocycles. The van der Waals surface area contributed by atoms with Crippen molar-refractivity contribution in [3.05, 3.63) is 34.9 Å². The number of aliphatic carboxylic acids is 1. The number of carboxylic acid groups (broad SMARTS) is 1. The van der Waals surface area contributed by atoms with Gasteiger partial charge in [0.25, 0.3) is 5.91 Å². The lowest BCUT2D eigenvalue weighted by Gasteiger charge is -2.31. The van der Waals surface area contributed by atoms with Crippen LogP contribution in [-0.2, 0) is 9.59 Å². The van der Waals surface area contributed by atoms with Gasteiger partial charge in [0.15, 0.2) is 0 Å². The second-order valence-corrected chi connectivity index (χ2v) is 6.60. The first-order chi connectivity index (χ1) is 11.4. The summed E-state index contributed by atoms with van der Waals surface area (Å²) in [5.74, 6) is -2.41. The molecule has 24 heavy (non-hydrogen) atoms. The third-order valence-corrected chi connectivity index (χ3v) is 4.60. The predicted octanol–water partition coefficient (Wildman–Crippen LogP) is 2.62. The summed E-state index contributed by atoms with van der Waals surface area (Å²) in [6.45, 7) is 2.55. The van der Waals surface area contributed by atoms with Crippen LogP contribution >= 0.6 is 11.6 Å². The highest BCUT2D eigenvalue weighted by atomic mass is 35.5. The van der Waals surface area contributed by atoms with Crippen LogP contribution in [0.4, 0.5) is 0 Å². The van der Waals surface area contributed by atoms with E-state index in [2.05, 4.69) is 5.43 Å². The maximum absolute atomic E-state index is 12.5. The Balaban J connectivity index is 2.19. The van der Waals surface area contributed by atoms with E-state index in [1.807, 2.05) is 6.92 Å². The molecule has 0 spiro atoms. The van der Waals surface area contributed by atoms with Gasteiger partial charge in [-0.25, -0.2) is 4.79 Å². The number of quaternary nitrogens is 1. The van der Waals surface area contributed by atoms with Crippen LogP contribution in [-0.4, -0.2) is 40.6 Å². The summed E-state index contributed by atoms with van der Waals surface area (Å²) in [5.41, 5.74) is 3.15. The van der Waals surface area contributed by atoms with Gasteiger partial charge in [-0.1, -0.05) is 24.9 Å². The SMILES string of the molecule is CCCCC[N+]1(NC(=O)c2ccc(Cl)cc2)CC(C(=O)O)CC1=O. The quantitative estimate of drug-likeness (QED) is 0.583. The lowest BCUT2D eigenvalue weighted by Crippen LogP contribution is -2.62. The van der Waals surface area contributed by atoms with Gasteiger partial charge in [0, 0.05) is 10.6 Å². The summed E-state index contributed by atoms with van der Waals surface area (Å²) in [4.78, 5) is 36.3. The number of carbonyl (C=O) groups is 3. The largest absolute Gasteiger partial charge is 0.481 e. The standard InChI is InChI=1S/C17H21ClN2O4/c1-2-3-4-9-20(11-13(17(23)24)10-15(20)21)19-16(22)12-5-7-14(18)8-6-12/h5-8,13H,2-4,9-11H2,1H3,(H-,19,22,23,24)/p+1. The van der Waals surface area contributed by atoms with Gasteiger partial charge in [-0.05, 0) is 37.1 Å². The Kier molecular flexibility index (Phi) is 5.96. The molecule has 2 N–H and O–H groups in total. The molecule has 7 heteroatoms. The van der Waals surface area contributed by atoms with E-state index in [-0.39, 0.29) is 23.5 Å². The number of nitrogens with one attached hydrogen (secondary N) is 1. The smallest absolute Gasteiger partial charge is 0.339 e. The van der Waals surface area contributed by atoms with Gasteiger partial charge in [-0.2, -0.15) is 10.0 Å². The summed E-state index contributed by atoms with van der Waals surface area (Å²) in [7, 11) is 0. The number of rotatable bonds is 7. The minimum absolute atomic E-state index is 0.0532. The first kappa shape index (κ1) is 18.4. The van der Waals surface area contributed by atoms with Crippen LogP contribution in [0.3, 0.4) is 0 Å². The van der Waals surface area contributed by atoms with E-state index < -0.39 is 17.8 Å². The lowest BCUT2D eigenvalue weighted by atomic mass is 10.1. The van der Waals surface area contributed by atoms with Crippen LogP contribution < -0.4 is 5.43 Å². The third kappa shape index (κ3) is 4.13. The van der Waals surface area contributed by atoms with E-state index in [1.54, 1.807) is 24.3 Å². The minimum atomic E-state index is -1.00. The van der Waals surface area contributed by atoms with Gasteiger partial charge in [-0.15, -0.1) is 0 Å². The molecule has 2 atom stereocenters. The average Bonchev–Trinajstić information content (AvgIpc) is 2.85.